The van der Waals surface area contributed by atoms with Crippen LogP contribution < -0.4 is 10.6 Å². The Labute approximate surface area is 84.4 Å². The second-order valence-corrected chi connectivity index (χ2v) is 4.12. The minimum atomic E-state index is -0.135. The Balaban J connectivity index is 1.65. The maximum absolute atomic E-state index is 11.6. The van der Waals surface area contributed by atoms with Gasteiger partial charge in [-0.15, -0.1) is 0 Å². The molecule has 2 aliphatic rings. The summed E-state index contributed by atoms with van der Waals surface area (Å²) >= 11 is 0. The van der Waals surface area contributed by atoms with Crippen molar-refractivity contribution < 1.29 is 9.53 Å². The number of nitrogens with one attached hydrogen (secondary N) is 2. The first-order chi connectivity index (χ1) is 6.86. The molecule has 1 amide bonds. The summed E-state index contributed by atoms with van der Waals surface area (Å²) in [6.07, 6.45) is 3.87. The zero-order valence-corrected chi connectivity index (χ0v) is 8.42. The molecule has 0 spiro atoms. The standard InChI is InChI=1S/C10H18N2O2/c13-10(9-7-14-5-4-11-9)12-6-8-2-1-3-8/h8-9,11H,1-7H2,(H,12,13). The Morgan fingerprint density at radius 3 is 2.93 bits per heavy atom. The highest BCUT2D eigenvalue weighted by Crippen LogP contribution is 2.25. The highest BCUT2D eigenvalue weighted by molar-refractivity contribution is 5.81. The number of ether oxygens (including phenoxy) is 1. The van der Waals surface area contributed by atoms with E-state index in [1.54, 1.807) is 0 Å². The van der Waals surface area contributed by atoms with Gasteiger partial charge in [-0.3, -0.25) is 4.79 Å². The highest BCUT2D eigenvalue weighted by atomic mass is 16.5. The van der Waals surface area contributed by atoms with Crippen LogP contribution in [0.3, 0.4) is 0 Å². The van der Waals surface area contributed by atoms with E-state index >= 15 is 0 Å². The monoisotopic (exact) mass is 198 g/mol. The molecule has 0 bridgehead atoms. The van der Waals surface area contributed by atoms with Crippen molar-refractivity contribution in [2.24, 2.45) is 5.92 Å². The van der Waals surface area contributed by atoms with E-state index in [0.717, 1.165) is 19.0 Å². The van der Waals surface area contributed by atoms with Crippen molar-refractivity contribution in [2.75, 3.05) is 26.3 Å². The Morgan fingerprint density at radius 2 is 2.36 bits per heavy atom. The molecule has 1 unspecified atom stereocenters. The lowest BCUT2D eigenvalue weighted by Crippen LogP contribution is -2.52. The molecule has 1 atom stereocenters. The first-order valence-electron chi connectivity index (χ1n) is 5.45. The average Bonchev–Trinajstić information content (AvgIpc) is 2.16. The van der Waals surface area contributed by atoms with Gasteiger partial charge in [0.2, 0.25) is 5.91 Å². The maximum atomic E-state index is 11.6. The molecule has 4 nitrogen and oxygen atoms in total. The highest BCUT2D eigenvalue weighted by Gasteiger charge is 2.23. The third-order valence-electron chi connectivity index (χ3n) is 3.03. The van der Waals surface area contributed by atoms with Crippen molar-refractivity contribution in [3.05, 3.63) is 0 Å². The fourth-order valence-electron chi connectivity index (χ4n) is 1.80. The van der Waals surface area contributed by atoms with Crippen LogP contribution >= 0.6 is 0 Å². The van der Waals surface area contributed by atoms with Crippen LogP contribution in [0.2, 0.25) is 0 Å². The molecule has 4 heteroatoms. The van der Waals surface area contributed by atoms with Gasteiger partial charge in [-0.05, 0) is 18.8 Å². The smallest absolute Gasteiger partial charge is 0.239 e. The number of carbonyl (C=O) groups is 1. The molecule has 0 aromatic heterocycles. The van der Waals surface area contributed by atoms with E-state index in [9.17, 15) is 4.79 Å². The van der Waals surface area contributed by atoms with E-state index in [2.05, 4.69) is 10.6 Å². The summed E-state index contributed by atoms with van der Waals surface area (Å²) in [6.45, 7) is 2.85. The molecule has 80 valence electrons. The van der Waals surface area contributed by atoms with E-state index < -0.39 is 0 Å². The normalized spacial score (nSPS) is 28.1. The summed E-state index contributed by atoms with van der Waals surface area (Å²) in [4.78, 5) is 11.6. The molecule has 1 heterocycles. The van der Waals surface area contributed by atoms with E-state index in [-0.39, 0.29) is 11.9 Å². The number of rotatable bonds is 3. The lowest BCUT2D eigenvalue weighted by Gasteiger charge is -2.28. The van der Waals surface area contributed by atoms with E-state index in [4.69, 9.17) is 4.74 Å². The summed E-state index contributed by atoms with van der Waals surface area (Å²) in [5, 5.41) is 6.11. The molecule has 2 N–H and O–H groups in total. The van der Waals surface area contributed by atoms with Gasteiger partial charge in [0.25, 0.3) is 0 Å². The minimum absolute atomic E-state index is 0.0941. The number of hydrogen-bond donors (Lipinski definition) is 2. The lowest BCUT2D eigenvalue weighted by atomic mass is 9.85. The van der Waals surface area contributed by atoms with Crippen LogP contribution in [0.15, 0.2) is 0 Å². The molecule has 1 aliphatic carbocycles. The number of morpholine rings is 1. The van der Waals surface area contributed by atoms with Gasteiger partial charge in [0.15, 0.2) is 0 Å². The second-order valence-electron chi connectivity index (χ2n) is 4.12. The minimum Gasteiger partial charge on any atom is -0.378 e. The van der Waals surface area contributed by atoms with Crippen LogP contribution in [0.25, 0.3) is 0 Å². The molecule has 0 aromatic carbocycles. The summed E-state index contributed by atoms with van der Waals surface area (Å²) < 4.78 is 5.23. The fraction of sp³-hybridized carbons (Fsp3) is 0.900. The zero-order chi connectivity index (χ0) is 9.80. The van der Waals surface area contributed by atoms with Gasteiger partial charge in [0.1, 0.15) is 6.04 Å². The Bertz CT molecular complexity index is 198. The first-order valence-corrected chi connectivity index (χ1v) is 5.45. The molecule has 1 aliphatic heterocycles. The third kappa shape index (κ3) is 2.45. The van der Waals surface area contributed by atoms with Crippen LogP contribution in [-0.2, 0) is 9.53 Å². The van der Waals surface area contributed by atoms with E-state index in [0.29, 0.717) is 13.2 Å². The largest absolute Gasteiger partial charge is 0.378 e. The van der Waals surface area contributed by atoms with Crippen molar-refractivity contribution in [3.63, 3.8) is 0 Å². The van der Waals surface area contributed by atoms with Crippen molar-refractivity contribution in [1.82, 2.24) is 10.6 Å². The average molecular weight is 198 g/mol. The quantitative estimate of drug-likeness (QED) is 0.665. The van der Waals surface area contributed by atoms with Crippen molar-refractivity contribution in [1.29, 1.82) is 0 Å². The Morgan fingerprint density at radius 1 is 1.50 bits per heavy atom. The predicted molar refractivity (Wildman–Crippen MR) is 53.0 cm³/mol. The van der Waals surface area contributed by atoms with Crippen molar-refractivity contribution in [3.8, 4) is 0 Å². The van der Waals surface area contributed by atoms with Crippen molar-refractivity contribution >= 4 is 5.91 Å². The molecular weight excluding hydrogens is 180 g/mol. The first kappa shape index (κ1) is 9.93. The van der Waals surface area contributed by atoms with Gasteiger partial charge in [-0.2, -0.15) is 0 Å². The number of carbonyl (C=O) groups excluding carboxylic acids is 1. The van der Waals surface area contributed by atoms with E-state index in [1.165, 1.54) is 19.3 Å². The molecule has 2 rings (SSSR count). The third-order valence-corrected chi connectivity index (χ3v) is 3.03. The Hall–Kier alpha value is -0.610. The van der Waals surface area contributed by atoms with Crippen LogP contribution in [-0.4, -0.2) is 38.3 Å². The number of hydrogen-bond acceptors (Lipinski definition) is 3. The van der Waals surface area contributed by atoms with Gasteiger partial charge >= 0.3 is 0 Å². The van der Waals surface area contributed by atoms with E-state index in [1.807, 2.05) is 0 Å². The van der Waals surface area contributed by atoms with Crippen LogP contribution in [0.4, 0.5) is 0 Å². The van der Waals surface area contributed by atoms with Gasteiger partial charge in [0, 0.05) is 13.1 Å². The van der Waals surface area contributed by atoms with Crippen LogP contribution in [0.1, 0.15) is 19.3 Å². The molecular formula is C10H18N2O2. The topological polar surface area (TPSA) is 50.4 Å². The SMILES string of the molecule is O=C(NCC1CCC1)C1COCCN1. The predicted octanol–water partition coefficient (Wildman–Crippen LogP) is -0.109. The zero-order valence-electron chi connectivity index (χ0n) is 8.42. The summed E-state index contributed by atoms with van der Waals surface area (Å²) in [5.41, 5.74) is 0. The van der Waals surface area contributed by atoms with Crippen LogP contribution in [0.5, 0.6) is 0 Å². The molecule has 14 heavy (non-hydrogen) atoms. The fourth-order valence-corrected chi connectivity index (χ4v) is 1.80. The van der Waals surface area contributed by atoms with Crippen LogP contribution in [0, 0.1) is 5.92 Å². The molecule has 2 fully saturated rings. The molecule has 1 saturated carbocycles. The van der Waals surface area contributed by atoms with Crippen molar-refractivity contribution in [2.45, 2.75) is 25.3 Å². The lowest BCUT2D eigenvalue weighted by molar-refractivity contribution is -0.126. The second kappa shape index (κ2) is 4.75. The summed E-state index contributed by atoms with van der Waals surface area (Å²) in [7, 11) is 0. The van der Waals surface area contributed by atoms with Gasteiger partial charge in [-0.1, -0.05) is 6.42 Å². The molecule has 1 saturated heterocycles. The van der Waals surface area contributed by atoms with Gasteiger partial charge < -0.3 is 15.4 Å². The maximum Gasteiger partial charge on any atom is 0.239 e. The van der Waals surface area contributed by atoms with Gasteiger partial charge in [0.05, 0.1) is 13.2 Å². The summed E-state index contributed by atoms with van der Waals surface area (Å²) in [5.74, 6) is 0.819. The van der Waals surface area contributed by atoms with Gasteiger partial charge in [-0.25, -0.2) is 0 Å². The number of amides is 1. The Kier molecular flexibility index (Phi) is 3.37. The molecule has 0 aromatic rings. The molecule has 0 radical (unpaired) electrons. The summed E-state index contributed by atoms with van der Waals surface area (Å²) in [6, 6.07) is -0.135.